The number of hydrogen-bond donors (Lipinski definition) is 2. The first kappa shape index (κ1) is 25.0. The Morgan fingerprint density at radius 1 is 1.16 bits per heavy atom. The Bertz CT molecular complexity index is 1280. The van der Waals surface area contributed by atoms with E-state index in [0.717, 1.165) is 75.3 Å². The molecular weight excluding hydrogens is 484 g/mol. The maximum Gasteiger partial charge on any atom is 0.322 e. The molecule has 0 radical (unpaired) electrons. The van der Waals surface area contributed by atoms with Crippen molar-refractivity contribution in [3.8, 4) is 11.4 Å². The molecule has 3 fully saturated rings. The standard InChI is InChI=1S/C30H35F2N5O/c31-26-8-7-24(19-27(26)32)35-29(38)37(16-4-15-36-13-1-2-14-36)25-9-10-30(20-23(30)18-25)22-6-3-5-21(17-22)28-33-11-12-34-28/h3,5-8,11-12,17,19,23,25H,1-2,4,9-10,13-16,18,20H2,(H,33,34)(H,35,38)/t23?,25-,30+/m1/s1. The van der Waals surface area contributed by atoms with Gasteiger partial charge in [-0.3, -0.25) is 0 Å². The Balaban J connectivity index is 1.15. The van der Waals surface area contributed by atoms with Crippen LogP contribution in [0.15, 0.2) is 54.9 Å². The summed E-state index contributed by atoms with van der Waals surface area (Å²) in [4.78, 5) is 25.5. The number of halogens is 2. The van der Waals surface area contributed by atoms with Crippen LogP contribution in [-0.2, 0) is 5.41 Å². The fraction of sp³-hybridized carbons (Fsp3) is 0.467. The Kier molecular flexibility index (Phi) is 6.91. The van der Waals surface area contributed by atoms with Crippen LogP contribution in [0.2, 0.25) is 0 Å². The highest BCUT2D eigenvalue weighted by Gasteiger charge is 2.58. The van der Waals surface area contributed by atoms with Gasteiger partial charge >= 0.3 is 6.03 Å². The molecule has 38 heavy (non-hydrogen) atoms. The van der Waals surface area contributed by atoms with Gasteiger partial charge in [0.05, 0.1) is 0 Å². The number of aromatic nitrogens is 2. The number of likely N-dealkylation sites (tertiary alicyclic amines) is 1. The number of benzene rings is 2. The number of nitrogens with one attached hydrogen (secondary N) is 2. The summed E-state index contributed by atoms with van der Waals surface area (Å²) in [5.74, 6) is -0.461. The van der Waals surface area contributed by atoms with Gasteiger partial charge in [-0.25, -0.2) is 18.6 Å². The van der Waals surface area contributed by atoms with E-state index < -0.39 is 11.6 Å². The van der Waals surface area contributed by atoms with Crippen molar-refractivity contribution in [2.24, 2.45) is 5.92 Å². The monoisotopic (exact) mass is 519 g/mol. The summed E-state index contributed by atoms with van der Waals surface area (Å²) >= 11 is 0. The second-order valence-corrected chi connectivity index (χ2v) is 11.2. The van der Waals surface area contributed by atoms with Crippen molar-refractivity contribution < 1.29 is 13.6 Å². The van der Waals surface area contributed by atoms with E-state index in [0.29, 0.717) is 12.5 Å². The summed E-state index contributed by atoms with van der Waals surface area (Å²) in [7, 11) is 0. The maximum atomic E-state index is 13.8. The van der Waals surface area contributed by atoms with Crippen molar-refractivity contribution in [1.82, 2.24) is 19.8 Å². The van der Waals surface area contributed by atoms with Crippen LogP contribution in [0.5, 0.6) is 0 Å². The number of carbonyl (C=O) groups is 1. The Morgan fingerprint density at radius 2 is 2.03 bits per heavy atom. The zero-order chi connectivity index (χ0) is 26.1. The molecule has 2 amide bonds. The number of anilines is 1. The lowest BCUT2D eigenvalue weighted by Gasteiger charge is -2.37. The fourth-order valence-corrected chi connectivity index (χ4v) is 6.74. The van der Waals surface area contributed by atoms with Gasteiger partial charge < -0.3 is 20.1 Å². The smallest absolute Gasteiger partial charge is 0.322 e. The lowest BCUT2D eigenvalue weighted by atomic mass is 9.80. The minimum absolute atomic E-state index is 0.132. The lowest BCUT2D eigenvalue weighted by Crippen LogP contribution is -2.46. The summed E-state index contributed by atoms with van der Waals surface area (Å²) in [6.07, 6.45) is 11.1. The van der Waals surface area contributed by atoms with Crippen molar-refractivity contribution in [2.45, 2.75) is 56.4 Å². The molecule has 3 aromatic rings. The molecule has 1 aliphatic heterocycles. The largest absolute Gasteiger partial charge is 0.345 e. The molecule has 0 bridgehead atoms. The number of aromatic amines is 1. The summed E-state index contributed by atoms with van der Waals surface area (Å²) in [6.45, 7) is 3.90. The predicted octanol–water partition coefficient (Wildman–Crippen LogP) is 6.19. The van der Waals surface area contributed by atoms with Gasteiger partial charge in [-0.15, -0.1) is 0 Å². The van der Waals surface area contributed by atoms with Gasteiger partial charge in [-0.05, 0) is 99.7 Å². The van der Waals surface area contributed by atoms with Gasteiger partial charge in [0.2, 0.25) is 0 Å². The van der Waals surface area contributed by atoms with Gasteiger partial charge in [0, 0.05) is 42.3 Å². The number of carbonyl (C=O) groups excluding carboxylic acids is 1. The number of rotatable bonds is 8. The first-order chi connectivity index (χ1) is 18.5. The van der Waals surface area contributed by atoms with Crippen molar-refractivity contribution in [3.05, 3.63) is 72.1 Å². The maximum absolute atomic E-state index is 13.8. The average Bonchev–Trinajstić information content (AvgIpc) is 3.26. The van der Waals surface area contributed by atoms with Crippen molar-refractivity contribution in [1.29, 1.82) is 0 Å². The fourth-order valence-electron chi connectivity index (χ4n) is 6.74. The van der Waals surface area contributed by atoms with Crippen LogP contribution in [0.1, 0.15) is 50.5 Å². The molecule has 6 rings (SSSR count). The quantitative estimate of drug-likeness (QED) is 0.373. The molecule has 1 aromatic heterocycles. The van der Waals surface area contributed by atoms with E-state index in [9.17, 15) is 13.6 Å². The van der Waals surface area contributed by atoms with E-state index >= 15 is 0 Å². The third-order valence-corrected chi connectivity index (χ3v) is 8.87. The molecule has 1 saturated heterocycles. The van der Waals surface area contributed by atoms with Crippen LogP contribution in [0, 0.1) is 17.6 Å². The molecule has 0 spiro atoms. The van der Waals surface area contributed by atoms with E-state index in [2.05, 4.69) is 44.5 Å². The van der Waals surface area contributed by atoms with E-state index in [4.69, 9.17) is 0 Å². The van der Waals surface area contributed by atoms with Crippen LogP contribution in [-0.4, -0.2) is 58.0 Å². The summed E-state index contributed by atoms with van der Waals surface area (Å²) in [5.41, 5.74) is 2.92. The topological polar surface area (TPSA) is 64.3 Å². The minimum Gasteiger partial charge on any atom is -0.345 e. The SMILES string of the molecule is O=C(Nc1ccc(F)c(F)c1)N(CCCN1CCCC1)[C@@H]1CC[C@@]2(c3cccc(-c4ncc[nH]4)c3)CC2C1. The summed E-state index contributed by atoms with van der Waals surface area (Å²) in [6, 6.07) is 12.1. The van der Waals surface area contributed by atoms with E-state index in [1.54, 1.807) is 6.20 Å². The van der Waals surface area contributed by atoms with E-state index in [1.807, 2.05) is 11.1 Å². The van der Waals surface area contributed by atoms with Crippen LogP contribution >= 0.6 is 0 Å². The Morgan fingerprint density at radius 3 is 2.79 bits per heavy atom. The molecular formula is C30H35F2N5O. The molecule has 200 valence electrons. The highest BCUT2D eigenvalue weighted by Crippen LogP contribution is 2.63. The summed E-state index contributed by atoms with van der Waals surface area (Å²) in [5, 5.41) is 2.83. The average molecular weight is 520 g/mol. The summed E-state index contributed by atoms with van der Waals surface area (Å²) < 4.78 is 27.2. The minimum atomic E-state index is -0.958. The van der Waals surface area contributed by atoms with Gasteiger partial charge in [0.15, 0.2) is 11.6 Å². The van der Waals surface area contributed by atoms with Gasteiger partial charge in [-0.2, -0.15) is 0 Å². The molecule has 6 nitrogen and oxygen atoms in total. The molecule has 8 heteroatoms. The molecule has 2 heterocycles. The van der Waals surface area contributed by atoms with Crippen molar-refractivity contribution in [3.63, 3.8) is 0 Å². The molecule has 2 aliphatic carbocycles. The number of hydrogen-bond acceptors (Lipinski definition) is 3. The molecule has 3 aliphatic rings. The Hall–Kier alpha value is -3.26. The van der Waals surface area contributed by atoms with Crippen LogP contribution in [0.25, 0.3) is 11.4 Å². The molecule has 2 saturated carbocycles. The number of urea groups is 1. The number of imidazole rings is 1. The lowest BCUT2D eigenvalue weighted by molar-refractivity contribution is 0.156. The molecule has 1 unspecified atom stereocenters. The number of fused-ring (bicyclic) bond motifs is 1. The van der Waals surface area contributed by atoms with Crippen LogP contribution < -0.4 is 5.32 Å². The first-order valence-corrected chi connectivity index (χ1v) is 13.9. The highest BCUT2D eigenvalue weighted by atomic mass is 19.2. The van der Waals surface area contributed by atoms with Crippen LogP contribution in [0.3, 0.4) is 0 Å². The first-order valence-electron chi connectivity index (χ1n) is 13.9. The van der Waals surface area contributed by atoms with Crippen molar-refractivity contribution >= 4 is 11.7 Å². The number of amides is 2. The normalized spacial score (nSPS) is 24.7. The zero-order valence-corrected chi connectivity index (χ0v) is 21.6. The van der Waals surface area contributed by atoms with Crippen molar-refractivity contribution in [2.75, 3.05) is 31.5 Å². The van der Waals surface area contributed by atoms with E-state index in [-0.39, 0.29) is 23.2 Å². The molecule has 2 aromatic carbocycles. The second kappa shape index (κ2) is 10.5. The zero-order valence-electron chi connectivity index (χ0n) is 21.6. The molecule has 3 atom stereocenters. The predicted molar refractivity (Wildman–Crippen MR) is 144 cm³/mol. The highest BCUT2D eigenvalue weighted by molar-refractivity contribution is 5.89. The van der Waals surface area contributed by atoms with Crippen LogP contribution in [0.4, 0.5) is 19.3 Å². The third-order valence-electron chi connectivity index (χ3n) is 8.87. The van der Waals surface area contributed by atoms with Gasteiger partial charge in [-0.1, -0.05) is 18.2 Å². The Labute approximate surface area is 222 Å². The van der Waals surface area contributed by atoms with E-state index in [1.165, 1.54) is 24.5 Å². The number of H-pyrrole nitrogens is 1. The third kappa shape index (κ3) is 5.06. The number of nitrogens with zero attached hydrogens (tertiary/aromatic N) is 3. The van der Waals surface area contributed by atoms with Gasteiger partial charge in [0.1, 0.15) is 5.82 Å². The molecule has 2 N–H and O–H groups in total. The second-order valence-electron chi connectivity index (χ2n) is 11.2. The van der Waals surface area contributed by atoms with Gasteiger partial charge in [0.25, 0.3) is 0 Å².